The molecule has 0 saturated carbocycles. The third kappa shape index (κ3) is 2.88. The summed E-state index contributed by atoms with van der Waals surface area (Å²) >= 11 is 0. The predicted octanol–water partition coefficient (Wildman–Crippen LogP) is 3.71. The van der Waals surface area contributed by atoms with E-state index in [1.165, 1.54) is 30.3 Å². The van der Waals surface area contributed by atoms with Crippen molar-refractivity contribution >= 4 is 16.6 Å². The predicted molar refractivity (Wildman–Crippen MR) is 89.5 cm³/mol. The molecule has 0 amide bonds. The van der Waals surface area contributed by atoms with Crippen LogP contribution in [0.25, 0.3) is 10.9 Å². The third-order valence-electron chi connectivity index (χ3n) is 4.70. The van der Waals surface area contributed by atoms with Gasteiger partial charge in [0.05, 0.1) is 11.2 Å². The number of rotatable bonds is 2. The van der Waals surface area contributed by atoms with E-state index in [2.05, 4.69) is 41.9 Å². The molecule has 0 bridgehead atoms. The molecule has 0 aliphatic carbocycles. The van der Waals surface area contributed by atoms with Crippen LogP contribution in [0.1, 0.15) is 38.7 Å². The lowest BCUT2D eigenvalue weighted by Crippen LogP contribution is -2.27. The summed E-state index contributed by atoms with van der Waals surface area (Å²) in [5, 5.41) is 1.24. The van der Waals surface area contributed by atoms with E-state index in [1.54, 1.807) is 0 Å². The Morgan fingerprint density at radius 1 is 1.19 bits per heavy atom. The maximum atomic E-state index is 5.97. The van der Waals surface area contributed by atoms with Crippen molar-refractivity contribution in [3.8, 4) is 0 Å². The van der Waals surface area contributed by atoms with Crippen LogP contribution in [0, 0.1) is 5.41 Å². The van der Waals surface area contributed by atoms with Gasteiger partial charge < -0.3 is 10.6 Å². The van der Waals surface area contributed by atoms with E-state index in [9.17, 15) is 0 Å². The first kappa shape index (κ1) is 14.3. The maximum Gasteiger partial charge on any atom is 0.0723 e. The van der Waals surface area contributed by atoms with E-state index in [-0.39, 0.29) is 0 Å². The standard InChI is InChI=1S/C18H25N3/c1-18(2)8-5-10-21(11-9-18)17-14(12-19)13-20-16-7-4-3-6-15(16)17/h3-4,6-7,13H,5,8-12,19H2,1-2H3. The minimum Gasteiger partial charge on any atom is -0.371 e. The van der Waals surface area contributed by atoms with Gasteiger partial charge in [0.1, 0.15) is 0 Å². The van der Waals surface area contributed by atoms with Gasteiger partial charge in [0.25, 0.3) is 0 Å². The van der Waals surface area contributed by atoms with Gasteiger partial charge in [-0.2, -0.15) is 0 Å². The van der Waals surface area contributed by atoms with E-state index >= 15 is 0 Å². The summed E-state index contributed by atoms with van der Waals surface area (Å²) in [5.74, 6) is 0. The van der Waals surface area contributed by atoms with Gasteiger partial charge in [0, 0.05) is 36.8 Å². The molecule has 0 spiro atoms. The number of para-hydroxylation sites is 1. The Balaban J connectivity index is 2.06. The zero-order chi connectivity index (χ0) is 14.9. The van der Waals surface area contributed by atoms with Crippen LogP contribution in [0.5, 0.6) is 0 Å². The molecular formula is C18H25N3. The van der Waals surface area contributed by atoms with Crippen molar-refractivity contribution in [1.29, 1.82) is 0 Å². The number of aromatic nitrogens is 1. The fourth-order valence-corrected chi connectivity index (χ4v) is 3.34. The Morgan fingerprint density at radius 3 is 2.81 bits per heavy atom. The van der Waals surface area contributed by atoms with Crippen LogP contribution in [-0.4, -0.2) is 18.1 Å². The Hall–Kier alpha value is -1.61. The third-order valence-corrected chi connectivity index (χ3v) is 4.70. The van der Waals surface area contributed by atoms with Crippen molar-refractivity contribution in [2.45, 2.75) is 39.7 Å². The zero-order valence-electron chi connectivity index (χ0n) is 13.1. The number of fused-ring (bicyclic) bond motifs is 1. The number of benzene rings is 1. The highest BCUT2D eigenvalue weighted by molar-refractivity contribution is 5.93. The molecule has 2 heterocycles. The van der Waals surface area contributed by atoms with Gasteiger partial charge >= 0.3 is 0 Å². The molecule has 112 valence electrons. The molecule has 2 N–H and O–H groups in total. The van der Waals surface area contributed by atoms with Crippen LogP contribution in [0.2, 0.25) is 0 Å². The fourth-order valence-electron chi connectivity index (χ4n) is 3.34. The second-order valence-corrected chi connectivity index (χ2v) is 6.86. The Morgan fingerprint density at radius 2 is 2.00 bits per heavy atom. The highest BCUT2D eigenvalue weighted by atomic mass is 15.1. The van der Waals surface area contributed by atoms with Crippen LogP contribution in [-0.2, 0) is 6.54 Å². The fraction of sp³-hybridized carbons (Fsp3) is 0.500. The Labute approximate surface area is 127 Å². The van der Waals surface area contributed by atoms with E-state index in [0.717, 1.165) is 24.2 Å². The average molecular weight is 283 g/mol. The van der Waals surface area contributed by atoms with Gasteiger partial charge in [-0.1, -0.05) is 32.0 Å². The van der Waals surface area contributed by atoms with Crippen molar-refractivity contribution in [2.75, 3.05) is 18.0 Å². The molecule has 0 unspecified atom stereocenters. The van der Waals surface area contributed by atoms with Gasteiger partial charge in [0.15, 0.2) is 0 Å². The molecule has 0 radical (unpaired) electrons. The minimum atomic E-state index is 0.445. The zero-order valence-corrected chi connectivity index (χ0v) is 13.1. The van der Waals surface area contributed by atoms with E-state index in [0.29, 0.717) is 12.0 Å². The molecule has 2 aromatic rings. The highest BCUT2D eigenvalue weighted by Gasteiger charge is 2.25. The normalized spacial score (nSPS) is 18.7. The SMILES string of the molecule is CC1(C)CCCN(c2c(CN)cnc3ccccc23)CC1. The summed E-state index contributed by atoms with van der Waals surface area (Å²) < 4.78 is 0. The van der Waals surface area contributed by atoms with Crippen molar-refractivity contribution in [2.24, 2.45) is 11.1 Å². The summed E-state index contributed by atoms with van der Waals surface area (Å²) in [4.78, 5) is 7.08. The lowest BCUT2D eigenvalue weighted by molar-refractivity contribution is 0.325. The van der Waals surface area contributed by atoms with Gasteiger partial charge in [-0.05, 0) is 30.7 Å². The number of pyridine rings is 1. The van der Waals surface area contributed by atoms with Crippen molar-refractivity contribution in [1.82, 2.24) is 4.98 Å². The Kier molecular flexibility index (Phi) is 3.85. The molecular weight excluding hydrogens is 258 g/mol. The molecule has 3 rings (SSSR count). The molecule has 0 atom stereocenters. The number of hydrogen-bond acceptors (Lipinski definition) is 3. The van der Waals surface area contributed by atoms with Gasteiger partial charge in [0.2, 0.25) is 0 Å². The summed E-state index contributed by atoms with van der Waals surface area (Å²) in [6.07, 6.45) is 5.72. The summed E-state index contributed by atoms with van der Waals surface area (Å²) in [5.41, 5.74) is 9.95. The Bertz CT molecular complexity index is 633. The number of anilines is 1. The molecule has 21 heavy (non-hydrogen) atoms. The topological polar surface area (TPSA) is 42.1 Å². The quantitative estimate of drug-likeness (QED) is 0.913. The largest absolute Gasteiger partial charge is 0.371 e. The first-order valence-electron chi connectivity index (χ1n) is 7.92. The number of nitrogens with zero attached hydrogens (tertiary/aromatic N) is 2. The summed E-state index contributed by atoms with van der Waals surface area (Å²) in [7, 11) is 0. The van der Waals surface area contributed by atoms with Crippen molar-refractivity contribution in [3.63, 3.8) is 0 Å². The minimum absolute atomic E-state index is 0.445. The van der Waals surface area contributed by atoms with E-state index in [1.807, 2.05) is 12.3 Å². The molecule has 3 heteroatoms. The first-order valence-corrected chi connectivity index (χ1v) is 7.92. The van der Waals surface area contributed by atoms with Crippen molar-refractivity contribution < 1.29 is 0 Å². The van der Waals surface area contributed by atoms with Crippen LogP contribution >= 0.6 is 0 Å². The second kappa shape index (κ2) is 5.64. The van der Waals surface area contributed by atoms with Gasteiger partial charge in [-0.3, -0.25) is 4.98 Å². The maximum absolute atomic E-state index is 5.97. The first-order chi connectivity index (χ1) is 10.1. The molecule has 3 nitrogen and oxygen atoms in total. The molecule has 1 fully saturated rings. The monoisotopic (exact) mass is 283 g/mol. The molecule has 1 saturated heterocycles. The number of hydrogen-bond donors (Lipinski definition) is 1. The molecule has 1 aromatic carbocycles. The van der Waals surface area contributed by atoms with Gasteiger partial charge in [-0.15, -0.1) is 0 Å². The lowest BCUT2D eigenvalue weighted by atomic mass is 9.85. The van der Waals surface area contributed by atoms with Gasteiger partial charge in [-0.25, -0.2) is 0 Å². The van der Waals surface area contributed by atoms with Crippen LogP contribution < -0.4 is 10.6 Å². The average Bonchev–Trinajstić information content (AvgIpc) is 2.67. The summed E-state index contributed by atoms with van der Waals surface area (Å²) in [6, 6.07) is 8.40. The number of nitrogens with two attached hydrogens (primary N) is 1. The van der Waals surface area contributed by atoms with Crippen molar-refractivity contribution in [3.05, 3.63) is 36.0 Å². The van der Waals surface area contributed by atoms with Crippen LogP contribution in [0.4, 0.5) is 5.69 Å². The molecule has 1 aliphatic heterocycles. The van der Waals surface area contributed by atoms with Crippen LogP contribution in [0.15, 0.2) is 30.5 Å². The van der Waals surface area contributed by atoms with E-state index < -0.39 is 0 Å². The molecule has 1 aliphatic rings. The van der Waals surface area contributed by atoms with Crippen LogP contribution in [0.3, 0.4) is 0 Å². The van der Waals surface area contributed by atoms with E-state index in [4.69, 9.17) is 5.73 Å². The lowest BCUT2D eigenvalue weighted by Gasteiger charge is -2.27. The summed E-state index contributed by atoms with van der Waals surface area (Å²) in [6.45, 7) is 7.53. The highest BCUT2D eigenvalue weighted by Crippen LogP contribution is 2.35. The smallest absolute Gasteiger partial charge is 0.0723 e. The second-order valence-electron chi connectivity index (χ2n) is 6.86. The molecule has 1 aromatic heterocycles.